The van der Waals surface area contributed by atoms with Gasteiger partial charge in [0.25, 0.3) is 5.91 Å². The number of rotatable bonds is 6. The number of benzene rings is 2. The zero-order chi connectivity index (χ0) is 20.8. The Balaban J connectivity index is 1.58. The Hall–Kier alpha value is -2.64. The molecule has 1 fully saturated rings. The number of likely N-dealkylation sites (tertiary alicyclic amines) is 1. The summed E-state index contributed by atoms with van der Waals surface area (Å²) in [6, 6.07) is 10.7. The molecule has 1 aliphatic heterocycles. The average molecular weight is 420 g/mol. The van der Waals surface area contributed by atoms with Gasteiger partial charge in [0, 0.05) is 30.9 Å². The second-order valence-corrected chi connectivity index (χ2v) is 7.46. The van der Waals surface area contributed by atoms with Gasteiger partial charge >= 0.3 is 0 Å². The molecule has 1 atom stereocenters. The second-order valence-electron chi connectivity index (χ2n) is 7.05. The Labute approximate surface area is 173 Å². The number of carbonyl (C=O) groups excluding carboxylic acids is 2. The SMILES string of the molecule is O=C(CNc1cccc(C(=O)N2CCCC(CO)C2)c1)Nc1ccc(F)cc1Cl. The van der Waals surface area contributed by atoms with E-state index < -0.39 is 5.82 Å². The summed E-state index contributed by atoms with van der Waals surface area (Å²) in [4.78, 5) is 26.6. The van der Waals surface area contributed by atoms with Crippen LogP contribution in [0.5, 0.6) is 0 Å². The monoisotopic (exact) mass is 419 g/mol. The molecule has 0 radical (unpaired) electrons. The summed E-state index contributed by atoms with van der Waals surface area (Å²) in [5.74, 6) is -0.797. The third-order valence-electron chi connectivity index (χ3n) is 4.83. The maximum atomic E-state index is 13.1. The number of aliphatic hydroxyl groups excluding tert-OH is 1. The van der Waals surface area contributed by atoms with Crippen LogP contribution in [0.25, 0.3) is 0 Å². The number of nitrogens with one attached hydrogen (secondary N) is 2. The van der Waals surface area contributed by atoms with Gasteiger partial charge in [-0.3, -0.25) is 9.59 Å². The standard InChI is InChI=1S/C21H23ClFN3O3/c22-18-10-16(23)6-7-19(18)25-20(28)11-24-17-5-1-4-15(9-17)21(29)26-8-2-3-14(12-26)13-27/h1,4-7,9-10,14,24,27H,2-3,8,11-13H2,(H,25,28). The first-order valence-electron chi connectivity index (χ1n) is 9.45. The predicted molar refractivity (Wildman–Crippen MR) is 111 cm³/mol. The summed E-state index contributed by atoms with van der Waals surface area (Å²) in [6.45, 7) is 1.27. The summed E-state index contributed by atoms with van der Waals surface area (Å²) in [5.41, 5.74) is 1.48. The van der Waals surface area contributed by atoms with Gasteiger partial charge in [-0.15, -0.1) is 0 Å². The van der Waals surface area contributed by atoms with Crippen molar-refractivity contribution in [2.45, 2.75) is 12.8 Å². The van der Waals surface area contributed by atoms with Crippen LogP contribution >= 0.6 is 11.6 Å². The van der Waals surface area contributed by atoms with Gasteiger partial charge in [0.05, 0.1) is 17.3 Å². The van der Waals surface area contributed by atoms with Crippen molar-refractivity contribution >= 4 is 34.8 Å². The maximum absolute atomic E-state index is 13.1. The Morgan fingerprint density at radius 1 is 1.24 bits per heavy atom. The van der Waals surface area contributed by atoms with E-state index in [1.54, 1.807) is 29.2 Å². The number of halogens is 2. The normalized spacial score (nSPS) is 16.4. The summed E-state index contributed by atoms with van der Waals surface area (Å²) >= 11 is 5.91. The predicted octanol–water partition coefficient (Wildman–Crippen LogP) is 3.37. The van der Waals surface area contributed by atoms with Crippen LogP contribution in [0.4, 0.5) is 15.8 Å². The Morgan fingerprint density at radius 2 is 2.07 bits per heavy atom. The van der Waals surface area contributed by atoms with Crippen molar-refractivity contribution in [3.63, 3.8) is 0 Å². The van der Waals surface area contributed by atoms with Crippen LogP contribution in [-0.4, -0.2) is 48.1 Å². The van der Waals surface area contributed by atoms with Crippen molar-refractivity contribution in [1.29, 1.82) is 0 Å². The molecule has 0 spiro atoms. The molecule has 0 aliphatic carbocycles. The molecular formula is C21H23ClFN3O3. The number of aliphatic hydroxyl groups is 1. The molecule has 3 N–H and O–H groups in total. The highest BCUT2D eigenvalue weighted by molar-refractivity contribution is 6.33. The highest BCUT2D eigenvalue weighted by Gasteiger charge is 2.24. The minimum Gasteiger partial charge on any atom is -0.396 e. The minimum atomic E-state index is -0.480. The van der Waals surface area contributed by atoms with Gasteiger partial charge in [-0.25, -0.2) is 4.39 Å². The van der Waals surface area contributed by atoms with Crippen LogP contribution in [-0.2, 0) is 4.79 Å². The fourth-order valence-corrected chi connectivity index (χ4v) is 3.53. The largest absolute Gasteiger partial charge is 0.396 e. The van der Waals surface area contributed by atoms with Gasteiger partial charge in [0.2, 0.25) is 5.91 Å². The molecule has 1 heterocycles. The van der Waals surface area contributed by atoms with Crippen LogP contribution in [0.15, 0.2) is 42.5 Å². The first-order valence-corrected chi connectivity index (χ1v) is 9.83. The summed E-state index contributed by atoms with van der Waals surface area (Å²) in [6.07, 6.45) is 1.80. The molecule has 29 heavy (non-hydrogen) atoms. The molecular weight excluding hydrogens is 397 g/mol. The number of anilines is 2. The molecule has 0 aromatic heterocycles. The van der Waals surface area contributed by atoms with E-state index in [0.29, 0.717) is 30.0 Å². The highest BCUT2D eigenvalue weighted by atomic mass is 35.5. The van der Waals surface area contributed by atoms with E-state index in [4.69, 9.17) is 11.6 Å². The van der Waals surface area contributed by atoms with Gasteiger partial charge in [0.15, 0.2) is 0 Å². The molecule has 6 nitrogen and oxygen atoms in total. The molecule has 2 amide bonds. The zero-order valence-electron chi connectivity index (χ0n) is 15.8. The summed E-state index contributed by atoms with van der Waals surface area (Å²) in [5, 5.41) is 15.1. The zero-order valence-corrected chi connectivity index (χ0v) is 16.6. The van der Waals surface area contributed by atoms with Crippen molar-refractivity contribution in [3.05, 3.63) is 58.9 Å². The smallest absolute Gasteiger partial charge is 0.253 e. The second kappa shape index (κ2) is 9.71. The van der Waals surface area contributed by atoms with Gasteiger partial charge in [-0.1, -0.05) is 17.7 Å². The molecule has 1 aliphatic rings. The molecule has 2 aromatic rings. The lowest BCUT2D eigenvalue weighted by Crippen LogP contribution is -2.40. The first kappa shape index (κ1) is 21.1. The molecule has 8 heteroatoms. The molecule has 0 saturated carbocycles. The lowest BCUT2D eigenvalue weighted by Gasteiger charge is -2.32. The van der Waals surface area contributed by atoms with E-state index in [1.807, 2.05) is 0 Å². The van der Waals surface area contributed by atoms with E-state index in [2.05, 4.69) is 10.6 Å². The van der Waals surface area contributed by atoms with Gasteiger partial charge in [-0.05, 0) is 55.2 Å². The minimum absolute atomic E-state index is 0.0400. The Bertz CT molecular complexity index is 893. The van der Waals surface area contributed by atoms with Crippen molar-refractivity contribution in [1.82, 2.24) is 4.90 Å². The molecule has 3 rings (SSSR count). The number of amides is 2. The van der Waals surface area contributed by atoms with Crippen molar-refractivity contribution in [2.75, 3.05) is 36.9 Å². The fraction of sp³-hybridized carbons (Fsp3) is 0.333. The van der Waals surface area contributed by atoms with Crippen LogP contribution in [0.3, 0.4) is 0 Å². The molecule has 1 saturated heterocycles. The highest BCUT2D eigenvalue weighted by Crippen LogP contribution is 2.22. The summed E-state index contributed by atoms with van der Waals surface area (Å²) < 4.78 is 13.1. The lowest BCUT2D eigenvalue weighted by atomic mass is 9.98. The van der Waals surface area contributed by atoms with Gasteiger partial charge < -0.3 is 20.6 Å². The van der Waals surface area contributed by atoms with E-state index in [0.717, 1.165) is 18.9 Å². The number of hydrogen-bond acceptors (Lipinski definition) is 4. The molecule has 2 aromatic carbocycles. The topological polar surface area (TPSA) is 81.7 Å². The van der Waals surface area contributed by atoms with Gasteiger partial charge in [-0.2, -0.15) is 0 Å². The number of nitrogens with zero attached hydrogens (tertiary/aromatic N) is 1. The number of hydrogen-bond donors (Lipinski definition) is 3. The van der Waals surface area contributed by atoms with Crippen LogP contribution in [0.2, 0.25) is 5.02 Å². The van der Waals surface area contributed by atoms with E-state index in [1.165, 1.54) is 12.1 Å². The van der Waals surface area contributed by atoms with Crippen LogP contribution < -0.4 is 10.6 Å². The van der Waals surface area contributed by atoms with Gasteiger partial charge in [0.1, 0.15) is 5.82 Å². The third-order valence-corrected chi connectivity index (χ3v) is 5.14. The maximum Gasteiger partial charge on any atom is 0.253 e. The van der Waals surface area contributed by atoms with E-state index >= 15 is 0 Å². The van der Waals surface area contributed by atoms with E-state index in [9.17, 15) is 19.1 Å². The van der Waals surface area contributed by atoms with Crippen LogP contribution in [0.1, 0.15) is 23.2 Å². The number of carbonyl (C=O) groups is 2. The Morgan fingerprint density at radius 3 is 2.83 bits per heavy atom. The quantitative estimate of drug-likeness (QED) is 0.670. The lowest BCUT2D eigenvalue weighted by molar-refractivity contribution is -0.114. The number of piperidine rings is 1. The van der Waals surface area contributed by atoms with Crippen molar-refractivity contribution in [3.8, 4) is 0 Å². The Kier molecular flexibility index (Phi) is 7.06. The van der Waals surface area contributed by atoms with Crippen molar-refractivity contribution < 1.29 is 19.1 Å². The molecule has 1 unspecified atom stereocenters. The first-order chi connectivity index (χ1) is 14.0. The fourth-order valence-electron chi connectivity index (χ4n) is 3.31. The third kappa shape index (κ3) is 5.68. The molecule has 154 valence electrons. The summed E-state index contributed by atoms with van der Waals surface area (Å²) in [7, 11) is 0. The van der Waals surface area contributed by atoms with Crippen molar-refractivity contribution in [2.24, 2.45) is 5.92 Å². The van der Waals surface area contributed by atoms with E-state index in [-0.39, 0.29) is 35.9 Å². The average Bonchev–Trinajstić information content (AvgIpc) is 2.74. The van der Waals surface area contributed by atoms with Crippen LogP contribution in [0, 0.1) is 11.7 Å². The molecule has 0 bridgehead atoms.